The van der Waals surface area contributed by atoms with E-state index < -0.39 is 17.7 Å². The van der Waals surface area contributed by atoms with Gasteiger partial charge in [0.05, 0.1) is 17.2 Å². The Labute approximate surface area is 152 Å². The molecule has 0 saturated heterocycles. The molecule has 136 valence electrons. The van der Waals surface area contributed by atoms with Crippen LogP contribution in [-0.2, 0) is 15.7 Å². The van der Waals surface area contributed by atoms with Crippen LogP contribution in [0.2, 0.25) is 0 Å². The Morgan fingerprint density at radius 1 is 1.15 bits per heavy atom. The SMILES string of the molecule is N#Cc1ccc(OCC(=O)OCCSc2cccc(C(F)(F)F)c2)cc1. The predicted molar refractivity (Wildman–Crippen MR) is 89.8 cm³/mol. The Morgan fingerprint density at radius 2 is 1.88 bits per heavy atom. The molecule has 2 aromatic rings. The molecule has 0 aromatic heterocycles. The first-order valence-corrected chi connectivity index (χ1v) is 8.45. The van der Waals surface area contributed by atoms with E-state index in [-0.39, 0.29) is 13.2 Å². The molecule has 0 aliphatic heterocycles. The zero-order valence-electron chi connectivity index (χ0n) is 13.5. The van der Waals surface area contributed by atoms with Gasteiger partial charge in [0.15, 0.2) is 6.61 Å². The third-order valence-corrected chi connectivity index (χ3v) is 4.07. The van der Waals surface area contributed by atoms with Crippen molar-refractivity contribution in [3.63, 3.8) is 0 Å². The van der Waals surface area contributed by atoms with E-state index in [0.717, 1.165) is 23.9 Å². The number of rotatable bonds is 7. The number of hydrogen-bond donors (Lipinski definition) is 0. The molecule has 0 saturated carbocycles. The molecule has 0 atom stereocenters. The number of esters is 1. The molecule has 0 fully saturated rings. The summed E-state index contributed by atoms with van der Waals surface area (Å²) in [5, 5.41) is 8.68. The molecule has 0 N–H and O–H groups in total. The zero-order valence-corrected chi connectivity index (χ0v) is 14.3. The van der Waals surface area contributed by atoms with Gasteiger partial charge in [-0.2, -0.15) is 18.4 Å². The molecule has 0 amide bonds. The summed E-state index contributed by atoms with van der Waals surface area (Å²) in [4.78, 5) is 12.0. The molecule has 2 aromatic carbocycles. The maximum absolute atomic E-state index is 12.6. The van der Waals surface area contributed by atoms with Crippen LogP contribution in [0, 0.1) is 11.3 Å². The van der Waals surface area contributed by atoms with Gasteiger partial charge in [0.1, 0.15) is 12.4 Å². The Bertz CT molecular complexity index is 786. The number of carbonyl (C=O) groups is 1. The highest BCUT2D eigenvalue weighted by Gasteiger charge is 2.30. The molecule has 4 nitrogen and oxygen atoms in total. The lowest BCUT2D eigenvalue weighted by molar-refractivity contribution is -0.145. The maximum Gasteiger partial charge on any atom is 0.416 e. The maximum atomic E-state index is 12.6. The van der Waals surface area contributed by atoms with Crippen LogP contribution in [0.25, 0.3) is 0 Å². The Kier molecular flexibility index (Phi) is 6.92. The number of halogens is 3. The van der Waals surface area contributed by atoms with Crippen molar-refractivity contribution in [3.05, 3.63) is 59.7 Å². The number of benzene rings is 2. The third kappa shape index (κ3) is 6.33. The Hall–Kier alpha value is -2.66. The summed E-state index contributed by atoms with van der Waals surface area (Å²) in [7, 11) is 0. The molecular weight excluding hydrogens is 367 g/mol. The molecule has 2 rings (SSSR count). The van der Waals surface area contributed by atoms with Crippen molar-refractivity contribution >= 4 is 17.7 Å². The number of alkyl halides is 3. The van der Waals surface area contributed by atoms with Crippen LogP contribution in [0.5, 0.6) is 5.75 Å². The van der Waals surface area contributed by atoms with E-state index in [9.17, 15) is 18.0 Å². The first kappa shape index (κ1) is 19.7. The van der Waals surface area contributed by atoms with Gasteiger partial charge >= 0.3 is 12.1 Å². The Morgan fingerprint density at radius 3 is 2.54 bits per heavy atom. The monoisotopic (exact) mass is 381 g/mol. The van der Waals surface area contributed by atoms with Gasteiger partial charge in [0.2, 0.25) is 0 Å². The molecule has 26 heavy (non-hydrogen) atoms. The molecular formula is C18H14F3NO3S. The normalized spacial score (nSPS) is 10.8. The molecule has 0 spiro atoms. The van der Waals surface area contributed by atoms with Crippen molar-refractivity contribution in [3.8, 4) is 11.8 Å². The highest BCUT2D eigenvalue weighted by Crippen LogP contribution is 2.31. The van der Waals surface area contributed by atoms with Crippen LogP contribution in [-0.4, -0.2) is 24.9 Å². The van der Waals surface area contributed by atoms with Crippen molar-refractivity contribution in [1.29, 1.82) is 5.26 Å². The minimum atomic E-state index is -4.38. The van der Waals surface area contributed by atoms with Gasteiger partial charge in [-0.05, 0) is 42.5 Å². The van der Waals surface area contributed by atoms with Crippen molar-refractivity contribution in [2.24, 2.45) is 0 Å². The van der Waals surface area contributed by atoms with Crippen LogP contribution in [0.4, 0.5) is 13.2 Å². The van der Waals surface area contributed by atoms with Crippen LogP contribution in [0.1, 0.15) is 11.1 Å². The topological polar surface area (TPSA) is 59.3 Å². The first-order valence-electron chi connectivity index (χ1n) is 7.47. The predicted octanol–water partition coefficient (Wildman–Crippen LogP) is 4.29. The Balaban J connectivity index is 1.69. The van der Waals surface area contributed by atoms with E-state index in [0.29, 0.717) is 22.0 Å². The van der Waals surface area contributed by atoms with Crippen molar-refractivity contribution in [2.45, 2.75) is 11.1 Å². The molecule has 8 heteroatoms. The van der Waals surface area contributed by atoms with E-state index in [2.05, 4.69) is 0 Å². The molecule has 0 aliphatic rings. The second kappa shape index (κ2) is 9.15. The molecule has 0 heterocycles. The van der Waals surface area contributed by atoms with Gasteiger partial charge in [0.25, 0.3) is 0 Å². The largest absolute Gasteiger partial charge is 0.482 e. The van der Waals surface area contributed by atoms with E-state index in [1.807, 2.05) is 6.07 Å². The summed E-state index contributed by atoms with van der Waals surface area (Å²) < 4.78 is 48.1. The van der Waals surface area contributed by atoms with Crippen LogP contribution >= 0.6 is 11.8 Å². The van der Waals surface area contributed by atoms with Gasteiger partial charge < -0.3 is 9.47 Å². The lowest BCUT2D eigenvalue weighted by atomic mass is 10.2. The lowest BCUT2D eigenvalue weighted by Gasteiger charge is -2.09. The van der Waals surface area contributed by atoms with Crippen molar-refractivity contribution < 1.29 is 27.4 Å². The summed E-state index contributed by atoms with van der Waals surface area (Å²) in [5.74, 6) is 0.169. The summed E-state index contributed by atoms with van der Waals surface area (Å²) >= 11 is 1.16. The van der Waals surface area contributed by atoms with Crippen molar-refractivity contribution in [1.82, 2.24) is 0 Å². The number of nitrogens with zero attached hydrogens (tertiary/aromatic N) is 1. The fourth-order valence-corrected chi connectivity index (χ4v) is 2.67. The lowest BCUT2D eigenvalue weighted by Crippen LogP contribution is -2.16. The van der Waals surface area contributed by atoms with Gasteiger partial charge in [-0.15, -0.1) is 11.8 Å². The standard InChI is InChI=1S/C18H14F3NO3S/c19-18(20,21)14-2-1-3-16(10-14)26-9-8-24-17(23)12-25-15-6-4-13(11-22)5-7-15/h1-7,10H,8-9,12H2. The van der Waals surface area contributed by atoms with E-state index in [1.165, 1.54) is 6.07 Å². The van der Waals surface area contributed by atoms with Gasteiger partial charge in [0, 0.05) is 10.6 Å². The number of thioether (sulfide) groups is 1. The highest BCUT2D eigenvalue weighted by atomic mass is 32.2. The fourth-order valence-electron chi connectivity index (χ4n) is 1.89. The average Bonchev–Trinajstić information content (AvgIpc) is 2.63. The van der Waals surface area contributed by atoms with E-state index >= 15 is 0 Å². The minimum Gasteiger partial charge on any atom is -0.482 e. The first-order chi connectivity index (χ1) is 12.4. The van der Waals surface area contributed by atoms with Crippen LogP contribution < -0.4 is 4.74 Å². The average molecular weight is 381 g/mol. The number of nitriles is 1. The van der Waals surface area contributed by atoms with Crippen LogP contribution in [0.15, 0.2) is 53.4 Å². The second-order valence-electron chi connectivity index (χ2n) is 5.02. The highest BCUT2D eigenvalue weighted by molar-refractivity contribution is 7.99. The zero-order chi connectivity index (χ0) is 19.0. The quantitative estimate of drug-likeness (QED) is 0.407. The molecule has 0 bridgehead atoms. The fraction of sp³-hybridized carbons (Fsp3) is 0.222. The summed E-state index contributed by atoms with van der Waals surface area (Å²) in [6, 6.07) is 13.2. The third-order valence-electron chi connectivity index (χ3n) is 3.12. The van der Waals surface area contributed by atoms with E-state index in [1.54, 1.807) is 30.3 Å². The molecule has 0 unspecified atom stereocenters. The second-order valence-corrected chi connectivity index (χ2v) is 6.19. The summed E-state index contributed by atoms with van der Waals surface area (Å²) in [6.45, 7) is -0.239. The summed E-state index contributed by atoms with van der Waals surface area (Å²) in [6.07, 6.45) is -4.38. The molecule has 0 aliphatic carbocycles. The number of hydrogen-bond acceptors (Lipinski definition) is 5. The van der Waals surface area contributed by atoms with Gasteiger partial charge in [-0.25, -0.2) is 4.79 Å². The van der Waals surface area contributed by atoms with E-state index in [4.69, 9.17) is 14.7 Å². The van der Waals surface area contributed by atoms with Crippen LogP contribution in [0.3, 0.4) is 0 Å². The van der Waals surface area contributed by atoms with Gasteiger partial charge in [-0.1, -0.05) is 6.07 Å². The van der Waals surface area contributed by atoms with Crippen molar-refractivity contribution in [2.75, 3.05) is 19.0 Å². The smallest absolute Gasteiger partial charge is 0.416 e. The number of ether oxygens (including phenoxy) is 2. The summed E-state index contributed by atoms with van der Waals surface area (Å²) in [5.41, 5.74) is -0.234. The number of carbonyl (C=O) groups excluding carboxylic acids is 1. The van der Waals surface area contributed by atoms with Gasteiger partial charge in [-0.3, -0.25) is 0 Å². The minimum absolute atomic E-state index is 0.0521. The molecule has 0 radical (unpaired) electrons.